The topological polar surface area (TPSA) is 78.6 Å². The summed E-state index contributed by atoms with van der Waals surface area (Å²) in [5.41, 5.74) is 1.93. The van der Waals surface area contributed by atoms with Crippen LogP contribution in [-0.2, 0) is 17.9 Å². The zero-order valence-electron chi connectivity index (χ0n) is 15.5. The SMILES string of the molecule is Cc1noc(C)c1CNC(=O)CC1(O)CCCN(Cc2ccccc2)C1. The second-order valence-electron chi connectivity index (χ2n) is 7.28. The van der Waals surface area contributed by atoms with Crippen LogP contribution >= 0.6 is 0 Å². The number of carbonyl (C=O) groups excluding carboxylic acids is 1. The normalized spacial score (nSPS) is 20.9. The fourth-order valence-corrected chi connectivity index (χ4v) is 3.63. The number of nitrogens with zero attached hydrogens (tertiary/aromatic N) is 2. The Morgan fingerprint density at radius 2 is 2.12 bits per heavy atom. The predicted octanol–water partition coefficient (Wildman–Crippen LogP) is 2.32. The Morgan fingerprint density at radius 1 is 1.35 bits per heavy atom. The molecule has 1 aliphatic heterocycles. The lowest BCUT2D eigenvalue weighted by molar-refractivity contribution is -0.129. The minimum atomic E-state index is -0.976. The summed E-state index contributed by atoms with van der Waals surface area (Å²) in [4.78, 5) is 14.6. The molecule has 0 aliphatic carbocycles. The van der Waals surface area contributed by atoms with E-state index in [2.05, 4.69) is 27.5 Å². The molecule has 1 aromatic heterocycles. The van der Waals surface area contributed by atoms with Crippen molar-refractivity contribution < 1.29 is 14.4 Å². The van der Waals surface area contributed by atoms with Crippen LogP contribution in [-0.4, -0.2) is 39.8 Å². The number of benzene rings is 1. The predicted molar refractivity (Wildman–Crippen MR) is 98.3 cm³/mol. The first kappa shape index (κ1) is 18.6. The first-order valence-corrected chi connectivity index (χ1v) is 9.12. The Morgan fingerprint density at radius 3 is 2.81 bits per heavy atom. The summed E-state index contributed by atoms with van der Waals surface area (Å²) in [5.74, 6) is 0.572. The number of piperidine rings is 1. The number of aliphatic hydroxyl groups is 1. The van der Waals surface area contributed by atoms with Crippen LogP contribution in [0.15, 0.2) is 34.9 Å². The average molecular weight is 357 g/mol. The van der Waals surface area contributed by atoms with E-state index in [1.165, 1.54) is 5.56 Å². The van der Waals surface area contributed by atoms with Crippen molar-refractivity contribution in [1.82, 2.24) is 15.4 Å². The standard InChI is InChI=1S/C20H27N3O3/c1-15-18(16(2)26-22-15)12-21-19(24)11-20(25)9-6-10-23(14-20)13-17-7-4-3-5-8-17/h3-5,7-8,25H,6,9-14H2,1-2H3,(H,21,24). The van der Waals surface area contributed by atoms with E-state index in [1.807, 2.05) is 32.0 Å². The number of carbonyl (C=O) groups is 1. The third-order valence-corrected chi connectivity index (χ3v) is 5.02. The van der Waals surface area contributed by atoms with Crippen molar-refractivity contribution >= 4 is 5.91 Å². The summed E-state index contributed by atoms with van der Waals surface area (Å²) in [5, 5.41) is 17.7. The van der Waals surface area contributed by atoms with E-state index >= 15 is 0 Å². The van der Waals surface area contributed by atoms with Crippen LogP contribution in [0.3, 0.4) is 0 Å². The van der Waals surface area contributed by atoms with Crippen molar-refractivity contribution in [2.24, 2.45) is 0 Å². The molecule has 1 amide bonds. The van der Waals surface area contributed by atoms with E-state index in [1.54, 1.807) is 0 Å². The summed E-state index contributed by atoms with van der Waals surface area (Å²) in [6.45, 7) is 6.32. The number of aryl methyl sites for hydroxylation is 2. The zero-order valence-corrected chi connectivity index (χ0v) is 15.5. The van der Waals surface area contributed by atoms with Crippen LogP contribution in [0.4, 0.5) is 0 Å². The van der Waals surface area contributed by atoms with E-state index < -0.39 is 5.60 Å². The van der Waals surface area contributed by atoms with E-state index in [9.17, 15) is 9.90 Å². The molecular formula is C20H27N3O3. The van der Waals surface area contributed by atoms with Crippen molar-refractivity contribution in [3.8, 4) is 0 Å². The third kappa shape index (κ3) is 4.71. The molecule has 2 aromatic rings. The second-order valence-corrected chi connectivity index (χ2v) is 7.28. The molecule has 0 spiro atoms. The van der Waals surface area contributed by atoms with Gasteiger partial charge in [-0.05, 0) is 38.8 Å². The lowest BCUT2D eigenvalue weighted by Crippen LogP contribution is -2.50. The van der Waals surface area contributed by atoms with Gasteiger partial charge in [0.15, 0.2) is 0 Å². The van der Waals surface area contributed by atoms with E-state index in [0.717, 1.165) is 30.8 Å². The van der Waals surface area contributed by atoms with E-state index in [0.29, 0.717) is 25.3 Å². The van der Waals surface area contributed by atoms with Crippen molar-refractivity contribution in [3.63, 3.8) is 0 Å². The van der Waals surface area contributed by atoms with Gasteiger partial charge in [-0.2, -0.15) is 0 Å². The zero-order chi connectivity index (χ0) is 18.6. The van der Waals surface area contributed by atoms with Crippen LogP contribution in [0.25, 0.3) is 0 Å². The molecule has 0 radical (unpaired) electrons. The molecule has 6 nitrogen and oxygen atoms in total. The van der Waals surface area contributed by atoms with Crippen LogP contribution in [0, 0.1) is 13.8 Å². The van der Waals surface area contributed by atoms with Crippen LogP contribution in [0.2, 0.25) is 0 Å². The number of nitrogens with one attached hydrogen (secondary N) is 1. The summed E-state index contributed by atoms with van der Waals surface area (Å²) in [6, 6.07) is 10.2. The fraction of sp³-hybridized carbons (Fsp3) is 0.500. The molecule has 1 unspecified atom stereocenters. The molecule has 1 aliphatic rings. The number of hydrogen-bond donors (Lipinski definition) is 2. The molecule has 0 saturated carbocycles. The van der Waals surface area contributed by atoms with Crippen molar-refractivity contribution in [3.05, 3.63) is 52.9 Å². The molecule has 6 heteroatoms. The van der Waals surface area contributed by atoms with E-state index in [4.69, 9.17) is 4.52 Å². The van der Waals surface area contributed by atoms with Gasteiger partial charge in [-0.15, -0.1) is 0 Å². The van der Waals surface area contributed by atoms with Gasteiger partial charge in [0.05, 0.1) is 17.7 Å². The van der Waals surface area contributed by atoms with Gasteiger partial charge in [0, 0.05) is 25.2 Å². The Labute approximate surface area is 154 Å². The number of rotatable bonds is 6. The highest BCUT2D eigenvalue weighted by Gasteiger charge is 2.35. The van der Waals surface area contributed by atoms with Gasteiger partial charge in [-0.25, -0.2) is 0 Å². The largest absolute Gasteiger partial charge is 0.388 e. The lowest BCUT2D eigenvalue weighted by Gasteiger charge is -2.39. The molecule has 0 bridgehead atoms. The van der Waals surface area contributed by atoms with Gasteiger partial charge in [-0.1, -0.05) is 35.5 Å². The quantitative estimate of drug-likeness (QED) is 0.830. The summed E-state index contributed by atoms with van der Waals surface area (Å²) >= 11 is 0. The molecular weight excluding hydrogens is 330 g/mol. The molecule has 3 rings (SSSR count). The van der Waals surface area contributed by atoms with Gasteiger partial charge < -0.3 is 14.9 Å². The van der Waals surface area contributed by atoms with Crippen LogP contribution < -0.4 is 5.32 Å². The Bertz CT molecular complexity index is 725. The Balaban J connectivity index is 1.53. The minimum absolute atomic E-state index is 0.113. The molecule has 2 heterocycles. The van der Waals surface area contributed by atoms with Crippen LogP contribution in [0.5, 0.6) is 0 Å². The Hall–Kier alpha value is -2.18. The van der Waals surface area contributed by atoms with Gasteiger partial charge in [0.1, 0.15) is 5.76 Å². The molecule has 1 saturated heterocycles. The smallest absolute Gasteiger partial charge is 0.223 e. The maximum Gasteiger partial charge on any atom is 0.223 e. The Kier molecular flexibility index (Phi) is 5.74. The summed E-state index contributed by atoms with van der Waals surface area (Å²) < 4.78 is 5.11. The second kappa shape index (κ2) is 8.01. The van der Waals surface area contributed by atoms with Gasteiger partial charge in [0.2, 0.25) is 5.91 Å². The summed E-state index contributed by atoms with van der Waals surface area (Å²) in [7, 11) is 0. The van der Waals surface area contributed by atoms with Crippen LogP contribution in [0.1, 0.15) is 41.8 Å². The van der Waals surface area contributed by atoms with Crippen molar-refractivity contribution in [2.75, 3.05) is 13.1 Å². The molecule has 2 N–H and O–H groups in total. The number of hydrogen-bond acceptors (Lipinski definition) is 5. The fourth-order valence-electron chi connectivity index (χ4n) is 3.63. The van der Waals surface area contributed by atoms with Crippen molar-refractivity contribution in [2.45, 2.75) is 51.8 Å². The van der Waals surface area contributed by atoms with E-state index in [-0.39, 0.29) is 12.3 Å². The highest BCUT2D eigenvalue weighted by Crippen LogP contribution is 2.26. The maximum absolute atomic E-state index is 12.4. The molecule has 1 atom stereocenters. The minimum Gasteiger partial charge on any atom is -0.388 e. The number of likely N-dealkylation sites (tertiary alicyclic amines) is 1. The molecule has 26 heavy (non-hydrogen) atoms. The monoisotopic (exact) mass is 357 g/mol. The highest BCUT2D eigenvalue weighted by atomic mass is 16.5. The van der Waals surface area contributed by atoms with Crippen molar-refractivity contribution in [1.29, 1.82) is 0 Å². The highest BCUT2D eigenvalue weighted by molar-refractivity contribution is 5.77. The first-order valence-electron chi connectivity index (χ1n) is 9.12. The van der Waals surface area contributed by atoms with Gasteiger partial charge in [-0.3, -0.25) is 9.69 Å². The number of aromatic nitrogens is 1. The molecule has 1 fully saturated rings. The number of β-amino-alcohol motifs (C(OH)–C–C–N with tert-alkyl or cyclic N) is 1. The first-order chi connectivity index (χ1) is 12.5. The third-order valence-electron chi connectivity index (χ3n) is 5.02. The van der Waals surface area contributed by atoms with Gasteiger partial charge in [0.25, 0.3) is 0 Å². The average Bonchev–Trinajstić information content (AvgIpc) is 2.92. The maximum atomic E-state index is 12.4. The summed E-state index contributed by atoms with van der Waals surface area (Å²) in [6.07, 6.45) is 1.65. The van der Waals surface area contributed by atoms with Gasteiger partial charge >= 0.3 is 0 Å². The molecule has 140 valence electrons. The molecule has 1 aromatic carbocycles. The lowest BCUT2D eigenvalue weighted by atomic mass is 9.89. The number of amides is 1.